The summed E-state index contributed by atoms with van der Waals surface area (Å²) in [5.74, 6) is 1.82. The van der Waals surface area contributed by atoms with Gasteiger partial charge in [0.15, 0.2) is 0 Å². The van der Waals surface area contributed by atoms with Crippen LogP contribution in [0.5, 0.6) is 11.5 Å². The van der Waals surface area contributed by atoms with E-state index < -0.39 is 0 Å². The maximum Gasteiger partial charge on any atom is 0.127 e. The van der Waals surface area contributed by atoms with Gasteiger partial charge in [0, 0.05) is 17.5 Å². The molecule has 0 aliphatic heterocycles. The van der Waals surface area contributed by atoms with Crippen molar-refractivity contribution in [3.8, 4) is 11.5 Å². The Morgan fingerprint density at radius 3 is 1.59 bits per heavy atom. The number of hydrogen-bond donors (Lipinski definition) is 0. The Morgan fingerprint density at radius 2 is 1.11 bits per heavy atom. The van der Waals surface area contributed by atoms with Gasteiger partial charge in [0.2, 0.25) is 0 Å². The summed E-state index contributed by atoms with van der Waals surface area (Å²) < 4.78 is 12.1. The van der Waals surface area contributed by atoms with Crippen LogP contribution in [0.1, 0.15) is 50.3 Å². The molecule has 0 saturated heterocycles. The molecule has 3 aromatic rings. The maximum absolute atomic E-state index is 6.21. The van der Waals surface area contributed by atoms with Crippen LogP contribution >= 0.6 is 0 Å². The van der Waals surface area contributed by atoms with Gasteiger partial charge in [0.1, 0.15) is 11.5 Å². The van der Waals surface area contributed by atoms with Crippen molar-refractivity contribution >= 4 is 0 Å². The molecule has 0 unspecified atom stereocenters. The fourth-order valence-corrected chi connectivity index (χ4v) is 3.30. The molecule has 2 heteroatoms. The molecule has 0 N–H and O–H groups in total. The topological polar surface area (TPSA) is 18.5 Å². The lowest BCUT2D eigenvalue weighted by Gasteiger charge is -2.24. The van der Waals surface area contributed by atoms with Crippen LogP contribution in [0.25, 0.3) is 0 Å². The molecule has 3 rings (SSSR count). The van der Waals surface area contributed by atoms with E-state index in [-0.39, 0.29) is 18.1 Å². The minimum Gasteiger partial charge on any atom is -0.491 e. The first-order valence-electron chi connectivity index (χ1n) is 9.61. The van der Waals surface area contributed by atoms with Crippen molar-refractivity contribution in [1.29, 1.82) is 0 Å². The summed E-state index contributed by atoms with van der Waals surface area (Å²) in [7, 11) is 0. The number of ether oxygens (including phenoxy) is 2. The predicted octanol–water partition coefficient (Wildman–Crippen LogP) is 6.44. The summed E-state index contributed by atoms with van der Waals surface area (Å²) >= 11 is 0. The van der Waals surface area contributed by atoms with E-state index in [0.29, 0.717) is 0 Å². The number of hydrogen-bond acceptors (Lipinski definition) is 2. The largest absolute Gasteiger partial charge is 0.491 e. The van der Waals surface area contributed by atoms with Crippen molar-refractivity contribution in [2.75, 3.05) is 0 Å². The molecule has 0 atom stereocenters. The molecule has 0 heterocycles. The number of rotatable bonds is 7. The van der Waals surface area contributed by atoms with Crippen LogP contribution in [0.3, 0.4) is 0 Å². The molecule has 0 amide bonds. The van der Waals surface area contributed by atoms with E-state index in [1.807, 2.05) is 26.0 Å². The van der Waals surface area contributed by atoms with Gasteiger partial charge in [-0.2, -0.15) is 0 Å². The highest BCUT2D eigenvalue weighted by Crippen LogP contribution is 2.39. The molecule has 0 bridgehead atoms. The van der Waals surface area contributed by atoms with E-state index >= 15 is 0 Å². The minimum atomic E-state index is 0.0882. The molecule has 3 aromatic carbocycles. The Labute approximate surface area is 162 Å². The van der Waals surface area contributed by atoms with E-state index in [1.54, 1.807) is 0 Å². The summed E-state index contributed by atoms with van der Waals surface area (Å²) in [4.78, 5) is 0. The first-order chi connectivity index (χ1) is 13.0. The number of benzene rings is 3. The lowest BCUT2D eigenvalue weighted by Crippen LogP contribution is -2.12. The predicted molar refractivity (Wildman–Crippen MR) is 112 cm³/mol. The highest BCUT2D eigenvalue weighted by Gasteiger charge is 2.21. The Kier molecular flexibility index (Phi) is 6.18. The molecular weight excluding hydrogens is 332 g/mol. The van der Waals surface area contributed by atoms with Gasteiger partial charge in [-0.15, -0.1) is 0 Å². The van der Waals surface area contributed by atoms with Crippen LogP contribution in [-0.4, -0.2) is 12.2 Å². The summed E-state index contributed by atoms with van der Waals surface area (Å²) in [5.41, 5.74) is 3.64. The monoisotopic (exact) mass is 360 g/mol. The zero-order chi connectivity index (χ0) is 19.2. The lowest BCUT2D eigenvalue weighted by atomic mass is 9.84. The highest BCUT2D eigenvalue weighted by atomic mass is 16.5. The first-order valence-corrected chi connectivity index (χ1v) is 9.61. The van der Waals surface area contributed by atoms with E-state index in [2.05, 4.69) is 80.6 Å². The van der Waals surface area contributed by atoms with Crippen LogP contribution in [0, 0.1) is 0 Å². The Morgan fingerprint density at radius 1 is 0.593 bits per heavy atom. The van der Waals surface area contributed by atoms with Gasteiger partial charge >= 0.3 is 0 Å². The van der Waals surface area contributed by atoms with Gasteiger partial charge in [-0.05, 0) is 44.9 Å². The van der Waals surface area contributed by atoms with Crippen molar-refractivity contribution < 1.29 is 9.47 Å². The standard InChI is InChI=1S/C25H28O2/c1-18(2)26-22-15-16-23(24(17-22)27-19(3)4)25(20-11-7-5-8-12-20)21-13-9-6-10-14-21/h5-19,25H,1-4H3. The van der Waals surface area contributed by atoms with Gasteiger partial charge < -0.3 is 9.47 Å². The summed E-state index contributed by atoms with van der Waals surface area (Å²) in [6.07, 6.45) is 0.215. The van der Waals surface area contributed by atoms with Gasteiger partial charge in [0.05, 0.1) is 12.2 Å². The fraction of sp³-hybridized carbons (Fsp3) is 0.280. The van der Waals surface area contributed by atoms with Gasteiger partial charge in [-0.3, -0.25) is 0 Å². The Balaban J connectivity index is 2.13. The van der Waals surface area contributed by atoms with Crippen molar-refractivity contribution in [3.05, 3.63) is 95.6 Å². The second-order valence-corrected chi connectivity index (χ2v) is 7.29. The van der Waals surface area contributed by atoms with Crippen molar-refractivity contribution in [3.63, 3.8) is 0 Å². The van der Waals surface area contributed by atoms with Crippen LogP contribution in [0.2, 0.25) is 0 Å². The van der Waals surface area contributed by atoms with E-state index in [0.717, 1.165) is 17.1 Å². The molecule has 0 radical (unpaired) electrons. The van der Waals surface area contributed by atoms with Gasteiger partial charge in [0.25, 0.3) is 0 Å². The smallest absolute Gasteiger partial charge is 0.127 e. The molecule has 0 aliphatic rings. The molecule has 140 valence electrons. The highest BCUT2D eigenvalue weighted by molar-refractivity contribution is 5.51. The van der Waals surface area contributed by atoms with E-state index in [9.17, 15) is 0 Å². The average molecular weight is 360 g/mol. The summed E-state index contributed by atoms with van der Waals surface area (Å²) in [6.45, 7) is 8.18. The molecule has 0 fully saturated rings. The fourth-order valence-electron chi connectivity index (χ4n) is 3.30. The van der Waals surface area contributed by atoms with Crippen LogP contribution in [0.4, 0.5) is 0 Å². The van der Waals surface area contributed by atoms with Gasteiger partial charge in [-0.25, -0.2) is 0 Å². The quantitative estimate of drug-likeness (QED) is 0.451. The van der Waals surface area contributed by atoms with Crippen molar-refractivity contribution in [2.45, 2.75) is 45.8 Å². The third kappa shape index (κ3) is 4.91. The lowest BCUT2D eigenvalue weighted by molar-refractivity contribution is 0.227. The van der Waals surface area contributed by atoms with Crippen LogP contribution in [0.15, 0.2) is 78.9 Å². The van der Waals surface area contributed by atoms with Gasteiger partial charge in [-0.1, -0.05) is 66.7 Å². The van der Waals surface area contributed by atoms with Crippen LogP contribution in [-0.2, 0) is 0 Å². The summed E-state index contributed by atoms with van der Waals surface area (Å²) in [6, 6.07) is 27.4. The third-order valence-electron chi connectivity index (χ3n) is 4.30. The molecular formula is C25H28O2. The second-order valence-electron chi connectivity index (χ2n) is 7.29. The normalized spacial score (nSPS) is 11.2. The van der Waals surface area contributed by atoms with Crippen LogP contribution < -0.4 is 9.47 Å². The molecule has 0 aromatic heterocycles. The molecule has 0 spiro atoms. The Bertz CT molecular complexity index is 799. The molecule has 27 heavy (non-hydrogen) atoms. The molecule has 2 nitrogen and oxygen atoms in total. The third-order valence-corrected chi connectivity index (χ3v) is 4.30. The second kappa shape index (κ2) is 8.77. The van der Waals surface area contributed by atoms with E-state index in [1.165, 1.54) is 11.1 Å². The van der Waals surface area contributed by atoms with Crippen molar-refractivity contribution in [2.24, 2.45) is 0 Å². The SMILES string of the molecule is CC(C)Oc1ccc(C(c2ccccc2)c2ccccc2)c(OC(C)C)c1. The van der Waals surface area contributed by atoms with E-state index in [4.69, 9.17) is 9.47 Å². The molecule has 0 aliphatic carbocycles. The summed E-state index contributed by atoms with van der Waals surface area (Å²) in [5, 5.41) is 0. The molecule has 0 saturated carbocycles. The minimum absolute atomic E-state index is 0.0882. The first kappa shape index (κ1) is 19.0. The Hall–Kier alpha value is -2.74. The zero-order valence-electron chi connectivity index (χ0n) is 16.6. The maximum atomic E-state index is 6.21. The zero-order valence-corrected chi connectivity index (χ0v) is 16.6. The average Bonchev–Trinajstić information content (AvgIpc) is 2.64. The van der Waals surface area contributed by atoms with Crippen molar-refractivity contribution in [1.82, 2.24) is 0 Å².